The maximum absolute atomic E-state index is 9.31. The molecule has 0 radical (unpaired) electrons. The molecule has 0 aliphatic rings. The molecule has 0 spiro atoms. The van der Waals surface area contributed by atoms with Crippen molar-refractivity contribution in [2.24, 2.45) is 5.73 Å². The second kappa shape index (κ2) is 3.41. The van der Waals surface area contributed by atoms with E-state index in [9.17, 15) is 5.11 Å². The largest absolute Gasteiger partial charge is 0.387 e. The Balaban J connectivity index is 2.93. The quantitative estimate of drug-likeness (QED) is 0.616. The summed E-state index contributed by atoms with van der Waals surface area (Å²) >= 11 is 0. The molecule has 0 fully saturated rings. The SMILES string of the molecule is Cc1ncncc1C(O)CN. The average Bonchev–Trinajstić information content (AvgIpc) is 2.04. The fraction of sp³-hybridized carbons (Fsp3) is 0.429. The van der Waals surface area contributed by atoms with Gasteiger partial charge in [-0.3, -0.25) is 0 Å². The van der Waals surface area contributed by atoms with Crippen LogP contribution in [0.2, 0.25) is 0 Å². The first-order valence-electron chi connectivity index (χ1n) is 3.40. The fourth-order valence-electron chi connectivity index (χ4n) is 0.856. The van der Waals surface area contributed by atoms with Gasteiger partial charge < -0.3 is 10.8 Å². The van der Waals surface area contributed by atoms with Gasteiger partial charge in [0, 0.05) is 24.0 Å². The summed E-state index contributed by atoms with van der Waals surface area (Å²) in [4.78, 5) is 7.71. The first-order chi connectivity index (χ1) is 5.25. The van der Waals surface area contributed by atoms with Crippen molar-refractivity contribution in [3.63, 3.8) is 0 Å². The lowest BCUT2D eigenvalue weighted by molar-refractivity contribution is 0.185. The lowest BCUT2D eigenvalue weighted by Gasteiger charge is -2.08. The van der Waals surface area contributed by atoms with E-state index in [1.807, 2.05) is 6.92 Å². The summed E-state index contributed by atoms with van der Waals surface area (Å²) in [6.07, 6.45) is 2.39. The van der Waals surface area contributed by atoms with Crippen LogP contribution in [0.4, 0.5) is 0 Å². The van der Waals surface area contributed by atoms with Crippen LogP contribution >= 0.6 is 0 Å². The number of hydrogen-bond acceptors (Lipinski definition) is 4. The van der Waals surface area contributed by atoms with Crippen LogP contribution in [0.15, 0.2) is 12.5 Å². The van der Waals surface area contributed by atoms with Gasteiger partial charge in [0.15, 0.2) is 0 Å². The Morgan fingerprint density at radius 1 is 1.73 bits per heavy atom. The number of aromatic nitrogens is 2. The molecule has 60 valence electrons. The molecular weight excluding hydrogens is 142 g/mol. The van der Waals surface area contributed by atoms with Crippen molar-refractivity contribution in [3.8, 4) is 0 Å². The molecule has 0 aromatic carbocycles. The third-order valence-corrected chi connectivity index (χ3v) is 1.53. The van der Waals surface area contributed by atoms with Gasteiger partial charge in [0.05, 0.1) is 6.10 Å². The summed E-state index contributed by atoms with van der Waals surface area (Å²) in [5.41, 5.74) is 6.75. The smallest absolute Gasteiger partial charge is 0.115 e. The van der Waals surface area contributed by atoms with Gasteiger partial charge in [-0.15, -0.1) is 0 Å². The van der Waals surface area contributed by atoms with Gasteiger partial charge >= 0.3 is 0 Å². The molecule has 4 heteroatoms. The number of nitrogens with zero attached hydrogens (tertiary/aromatic N) is 2. The maximum atomic E-state index is 9.31. The van der Waals surface area contributed by atoms with Crippen molar-refractivity contribution in [1.82, 2.24) is 9.97 Å². The molecule has 1 atom stereocenters. The zero-order valence-electron chi connectivity index (χ0n) is 6.36. The summed E-state index contributed by atoms with van der Waals surface area (Å²) in [6, 6.07) is 0. The van der Waals surface area contributed by atoms with Crippen LogP contribution in [0.3, 0.4) is 0 Å². The van der Waals surface area contributed by atoms with E-state index in [2.05, 4.69) is 9.97 Å². The predicted octanol–water partition coefficient (Wildman–Crippen LogP) is -0.223. The van der Waals surface area contributed by atoms with Crippen molar-refractivity contribution in [2.45, 2.75) is 13.0 Å². The van der Waals surface area contributed by atoms with Crippen LogP contribution in [0, 0.1) is 6.92 Å². The molecule has 4 nitrogen and oxygen atoms in total. The molecule has 1 aromatic rings. The fourth-order valence-corrected chi connectivity index (χ4v) is 0.856. The highest BCUT2D eigenvalue weighted by Gasteiger charge is 2.07. The van der Waals surface area contributed by atoms with E-state index < -0.39 is 6.10 Å². The Bertz CT molecular complexity index is 239. The minimum Gasteiger partial charge on any atom is -0.387 e. The summed E-state index contributed by atoms with van der Waals surface area (Å²) in [5, 5.41) is 9.31. The summed E-state index contributed by atoms with van der Waals surface area (Å²) in [7, 11) is 0. The van der Waals surface area contributed by atoms with Crippen molar-refractivity contribution < 1.29 is 5.11 Å². The van der Waals surface area contributed by atoms with Crippen LogP contribution in [-0.2, 0) is 0 Å². The van der Waals surface area contributed by atoms with Gasteiger partial charge in [-0.05, 0) is 6.92 Å². The molecule has 0 amide bonds. The molecular formula is C7H11N3O. The van der Waals surface area contributed by atoms with Crippen molar-refractivity contribution in [1.29, 1.82) is 0 Å². The number of rotatable bonds is 2. The van der Waals surface area contributed by atoms with Gasteiger partial charge in [0.2, 0.25) is 0 Å². The number of aliphatic hydroxyl groups is 1. The number of aliphatic hydroxyl groups excluding tert-OH is 1. The highest BCUT2D eigenvalue weighted by Crippen LogP contribution is 2.11. The molecule has 0 bridgehead atoms. The van der Waals surface area contributed by atoms with E-state index in [0.29, 0.717) is 5.56 Å². The Morgan fingerprint density at radius 2 is 2.45 bits per heavy atom. The molecule has 1 unspecified atom stereocenters. The predicted molar refractivity (Wildman–Crippen MR) is 40.8 cm³/mol. The molecule has 11 heavy (non-hydrogen) atoms. The van der Waals surface area contributed by atoms with Crippen LogP contribution in [-0.4, -0.2) is 21.6 Å². The Kier molecular flexibility index (Phi) is 2.51. The van der Waals surface area contributed by atoms with Gasteiger partial charge in [0.25, 0.3) is 0 Å². The van der Waals surface area contributed by atoms with Gasteiger partial charge in [0.1, 0.15) is 6.33 Å². The van der Waals surface area contributed by atoms with E-state index in [-0.39, 0.29) is 6.54 Å². The third kappa shape index (κ3) is 1.72. The van der Waals surface area contributed by atoms with Gasteiger partial charge in [-0.1, -0.05) is 0 Å². The number of nitrogens with two attached hydrogens (primary N) is 1. The van der Waals surface area contributed by atoms with Crippen LogP contribution in [0.25, 0.3) is 0 Å². The average molecular weight is 153 g/mol. The normalized spacial score (nSPS) is 13.0. The van der Waals surface area contributed by atoms with E-state index in [1.165, 1.54) is 6.33 Å². The Morgan fingerprint density at radius 3 is 3.00 bits per heavy atom. The highest BCUT2D eigenvalue weighted by molar-refractivity contribution is 5.17. The minimum atomic E-state index is -0.642. The van der Waals surface area contributed by atoms with E-state index >= 15 is 0 Å². The van der Waals surface area contributed by atoms with Crippen LogP contribution in [0.5, 0.6) is 0 Å². The number of aryl methyl sites for hydroxylation is 1. The Hall–Kier alpha value is -1.00. The lowest BCUT2D eigenvalue weighted by Crippen LogP contribution is -2.13. The molecule has 0 saturated carbocycles. The first kappa shape index (κ1) is 8.10. The topological polar surface area (TPSA) is 72.0 Å². The van der Waals surface area contributed by atoms with Crippen molar-refractivity contribution >= 4 is 0 Å². The van der Waals surface area contributed by atoms with Crippen molar-refractivity contribution in [3.05, 3.63) is 23.8 Å². The second-order valence-electron chi connectivity index (χ2n) is 2.31. The van der Waals surface area contributed by atoms with Gasteiger partial charge in [-0.2, -0.15) is 0 Å². The minimum absolute atomic E-state index is 0.203. The Labute approximate surface area is 65.1 Å². The molecule has 0 saturated heterocycles. The molecule has 0 aliphatic heterocycles. The van der Waals surface area contributed by atoms with Crippen LogP contribution in [0.1, 0.15) is 17.4 Å². The zero-order valence-corrected chi connectivity index (χ0v) is 6.36. The number of hydrogen-bond donors (Lipinski definition) is 2. The first-order valence-corrected chi connectivity index (χ1v) is 3.40. The monoisotopic (exact) mass is 153 g/mol. The molecule has 1 heterocycles. The van der Waals surface area contributed by atoms with Crippen LogP contribution < -0.4 is 5.73 Å². The maximum Gasteiger partial charge on any atom is 0.115 e. The molecule has 3 N–H and O–H groups in total. The highest BCUT2D eigenvalue weighted by atomic mass is 16.3. The second-order valence-corrected chi connectivity index (χ2v) is 2.31. The van der Waals surface area contributed by atoms with E-state index in [4.69, 9.17) is 5.73 Å². The summed E-state index contributed by atoms with van der Waals surface area (Å²) in [6.45, 7) is 2.02. The standard InChI is InChI=1S/C7H11N3O/c1-5-6(7(11)2-8)3-9-4-10-5/h3-4,7,11H,2,8H2,1H3. The third-order valence-electron chi connectivity index (χ3n) is 1.53. The van der Waals surface area contributed by atoms with E-state index in [1.54, 1.807) is 6.20 Å². The van der Waals surface area contributed by atoms with E-state index in [0.717, 1.165) is 5.69 Å². The summed E-state index contributed by atoms with van der Waals surface area (Å²) < 4.78 is 0. The zero-order chi connectivity index (χ0) is 8.27. The molecule has 0 aliphatic carbocycles. The lowest BCUT2D eigenvalue weighted by atomic mass is 10.1. The van der Waals surface area contributed by atoms with Crippen molar-refractivity contribution in [2.75, 3.05) is 6.54 Å². The molecule has 1 aromatic heterocycles. The summed E-state index contributed by atoms with van der Waals surface area (Å²) in [5.74, 6) is 0. The molecule has 1 rings (SSSR count). The van der Waals surface area contributed by atoms with Gasteiger partial charge in [-0.25, -0.2) is 9.97 Å².